The van der Waals surface area contributed by atoms with Crippen LogP contribution in [0.2, 0.25) is 0 Å². The zero-order chi connectivity index (χ0) is 13.2. The lowest BCUT2D eigenvalue weighted by Gasteiger charge is -2.29. The summed E-state index contributed by atoms with van der Waals surface area (Å²) < 4.78 is 5.23. The van der Waals surface area contributed by atoms with Crippen molar-refractivity contribution in [2.45, 2.75) is 33.2 Å². The monoisotopic (exact) mass is 250 g/mol. The van der Waals surface area contributed by atoms with Crippen molar-refractivity contribution in [2.24, 2.45) is 5.41 Å². The Labute approximate surface area is 105 Å². The van der Waals surface area contributed by atoms with E-state index in [1.54, 1.807) is 0 Å². The van der Waals surface area contributed by atoms with E-state index in [1.165, 1.54) is 6.33 Å². The van der Waals surface area contributed by atoms with Crippen LogP contribution in [0, 0.1) is 5.41 Å². The molecule has 1 atom stereocenters. The molecular formula is C11H18N6O. The molecule has 0 aromatic carbocycles. The van der Waals surface area contributed by atoms with Gasteiger partial charge in [0.1, 0.15) is 6.33 Å². The molecule has 0 saturated carbocycles. The number of aromatic amines is 1. The average Bonchev–Trinajstić information content (AvgIpc) is 2.94. The van der Waals surface area contributed by atoms with Crippen molar-refractivity contribution in [1.29, 1.82) is 0 Å². The van der Waals surface area contributed by atoms with Crippen LogP contribution in [0.5, 0.6) is 0 Å². The van der Waals surface area contributed by atoms with Gasteiger partial charge in [-0.3, -0.25) is 5.10 Å². The molecule has 0 amide bonds. The highest BCUT2D eigenvalue weighted by Gasteiger charge is 2.25. The first-order chi connectivity index (χ1) is 8.50. The maximum Gasteiger partial charge on any atom is 0.239 e. The highest BCUT2D eigenvalue weighted by Crippen LogP contribution is 2.22. The van der Waals surface area contributed by atoms with Crippen molar-refractivity contribution >= 4 is 0 Å². The molecule has 0 aliphatic heterocycles. The summed E-state index contributed by atoms with van der Waals surface area (Å²) >= 11 is 0. The van der Waals surface area contributed by atoms with Crippen molar-refractivity contribution in [3.8, 4) is 11.6 Å². The molecule has 0 radical (unpaired) electrons. The van der Waals surface area contributed by atoms with Crippen molar-refractivity contribution in [1.82, 2.24) is 30.6 Å². The van der Waals surface area contributed by atoms with Crippen LogP contribution in [0.3, 0.4) is 0 Å². The van der Waals surface area contributed by atoms with Crippen LogP contribution in [-0.4, -0.2) is 38.4 Å². The third-order valence-electron chi connectivity index (χ3n) is 2.87. The van der Waals surface area contributed by atoms with Crippen molar-refractivity contribution in [3.05, 3.63) is 12.2 Å². The molecule has 0 aliphatic rings. The third-order valence-corrected chi connectivity index (χ3v) is 2.87. The molecule has 2 rings (SSSR count). The minimum atomic E-state index is 0.121. The molecule has 2 aromatic heterocycles. The second-order valence-electron chi connectivity index (χ2n) is 5.26. The molecule has 0 aliphatic carbocycles. The molecule has 0 spiro atoms. The Kier molecular flexibility index (Phi) is 3.42. The van der Waals surface area contributed by atoms with Gasteiger partial charge in [-0.25, -0.2) is 4.98 Å². The van der Waals surface area contributed by atoms with Gasteiger partial charge in [0.05, 0.1) is 0 Å². The summed E-state index contributed by atoms with van der Waals surface area (Å²) in [5, 5.41) is 13.6. The van der Waals surface area contributed by atoms with E-state index >= 15 is 0 Å². The van der Waals surface area contributed by atoms with Gasteiger partial charge in [0.2, 0.25) is 11.7 Å². The number of aromatic nitrogens is 5. The number of hydrogen-bond acceptors (Lipinski definition) is 6. The third kappa shape index (κ3) is 2.73. The highest BCUT2D eigenvalue weighted by atomic mass is 16.5. The molecule has 98 valence electrons. The van der Waals surface area contributed by atoms with Gasteiger partial charge in [-0.2, -0.15) is 10.1 Å². The number of nitrogens with one attached hydrogen (secondary N) is 2. The Morgan fingerprint density at radius 1 is 1.44 bits per heavy atom. The zero-order valence-corrected chi connectivity index (χ0v) is 11.1. The van der Waals surface area contributed by atoms with E-state index in [2.05, 4.69) is 51.4 Å². The molecule has 2 aromatic rings. The summed E-state index contributed by atoms with van der Waals surface area (Å²) in [4.78, 5) is 8.28. The predicted octanol–water partition coefficient (Wildman–Crippen LogP) is 1.03. The van der Waals surface area contributed by atoms with E-state index in [9.17, 15) is 0 Å². The standard InChI is InChI=1S/C11H18N6O/c1-11(2,3)7(12-4)5-8-15-10(17-18-8)9-13-6-14-16-9/h6-7,12H,5H2,1-4H3,(H,13,14,16). The van der Waals surface area contributed by atoms with E-state index in [0.29, 0.717) is 24.0 Å². The molecule has 18 heavy (non-hydrogen) atoms. The number of hydrogen-bond donors (Lipinski definition) is 2. The first-order valence-electron chi connectivity index (χ1n) is 5.86. The van der Waals surface area contributed by atoms with Crippen molar-refractivity contribution in [3.63, 3.8) is 0 Å². The molecule has 7 nitrogen and oxygen atoms in total. The highest BCUT2D eigenvalue weighted by molar-refractivity contribution is 5.39. The average molecular weight is 250 g/mol. The SMILES string of the molecule is CNC(Cc1nc(-c2ncn[nH]2)no1)C(C)(C)C. The molecule has 2 N–H and O–H groups in total. The lowest BCUT2D eigenvalue weighted by atomic mass is 9.85. The molecule has 0 fully saturated rings. The van der Waals surface area contributed by atoms with Gasteiger partial charge >= 0.3 is 0 Å². The summed E-state index contributed by atoms with van der Waals surface area (Å²) in [5.41, 5.74) is 0.121. The summed E-state index contributed by atoms with van der Waals surface area (Å²) in [6.45, 7) is 6.51. The summed E-state index contributed by atoms with van der Waals surface area (Å²) in [7, 11) is 1.93. The fourth-order valence-electron chi connectivity index (χ4n) is 1.76. The van der Waals surface area contributed by atoms with Crippen LogP contribution in [-0.2, 0) is 6.42 Å². The minimum absolute atomic E-state index is 0.121. The first-order valence-corrected chi connectivity index (χ1v) is 5.86. The van der Waals surface area contributed by atoms with Crippen molar-refractivity contribution < 1.29 is 4.52 Å². The van der Waals surface area contributed by atoms with Crippen LogP contribution in [0.25, 0.3) is 11.6 Å². The van der Waals surface area contributed by atoms with E-state index in [4.69, 9.17) is 4.52 Å². The van der Waals surface area contributed by atoms with Crippen LogP contribution >= 0.6 is 0 Å². The van der Waals surface area contributed by atoms with Crippen LogP contribution < -0.4 is 5.32 Å². The van der Waals surface area contributed by atoms with Gasteiger partial charge in [-0.1, -0.05) is 25.9 Å². The van der Waals surface area contributed by atoms with Gasteiger partial charge in [-0.15, -0.1) is 0 Å². The van der Waals surface area contributed by atoms with E-state index in [-0.39, 0.29) is 11.5 Å². The van der Waals surface area contributed by atoms with Gasteiger partial charge in [0.15, 0.2) is 5.82 Å². The van der Waals surface area contributed by atoms with E-state index < -0.39 is 0 Å². The van der Waals surface area contributed by atoms with Gasteiger partial charge < -0.3 is 9.84 Å². The zero-order valence-electron chi connectivity index (χ0n) is 11.1. The maximum atomic E-state index is 5.23. The Hall–Kier alpha value is -1.76. The fraction of sp³-hybridized carbons (Fsp3) is 0.636. The Balaban J connectivity index is 2.11. The molecular weight excluding hydrogens is 232 g/mol. The normalized spacial score (nSPS) is 13.8. The number of likely N-dealkylation sites (N-methyl/N-ethyl adjacent to an activating group) is 1. The van der Waals surface area contributed by atoms with E-state index in [0.717, 1.165) is 0 Å². The van der Waals surface area contributed by atoms with Crippen LogP contribution in [0.15, 0.2) is 10.9 Å². The van der Waals surface area contributed by atoms with Crippen molar-refractivity contribution in [2.75, 3.05) is 7.05 Å². The quantitative estimate of drug-likeness (QED) is 0.842. The number of nitrogens with zero attached hydrogens (tertiary/aromatic N) is 4. The topological polar surface area (TPSA) is 92.5 Å². The Morgan fingerprint density at radius 2 is 2.22 bits per heavy atom. The second-order valence-corrected chi connectivity index (χ2v) is 5.26. The smallest absolute Gasteiger partial charge is 0.239 e. The van der Waals surface area contributed by atoms with Crippen LogP contribution in [0.1, 0.15) is 26.7 Å². The minimum Gasteiger partial charge on any atom is -0.339 e. The molecule has 0 bridgehead atoms. The molecule has 2 heterocycles. The molecule has 0 saturated heterocycles. The summed E-state index contributed by atoms with van der Waals surface area (Å²) in [5.74, 6) is 1.55. The Bertz CT molecular complexity index is 484. The van der Waals surface area contributed by atoms with Gasteiger partial charge in [-0.05, 0) is 12.5 Å². The van der Waals surface area contributed by atoms with E-state index in [1.807, 2.05) is 7.05 Å². The van der Waals surface area contributed by atoms with Crippen LogP contribution in [0.4, 0.5) is 0 Å². The largest absolute Gasteiger partial charge is 0.339 e. The first kappa shape index (κ1) is 12.7. The summed E-state index contributed by atoms with van der Waals surface area (Å²) in [6.07, 6.45) is 2.10. The summed E-state index contributed by atoms with van der Waals surface area (Å²) in [6, 6.07) is 0.264. The lowest BCUT2D eigenvalue weighted by molar-refractivity contribution is 0.255. The molecule has 1 unspecified atom stereocenters. The second kappa shape index (κ2) is 4.85. The lowest BCUT2D eigenvalue weighted by Crippen LogP contribution is -2.39. The number of H-pyrrole nitrogens is 1. The fourth-order valence-corrected chi connectivity index (χ4v) is 1.76. The molecule has 7 heteroatoms. The number of rotatable bonds is 4. The van der Waals surface area contributed by atoms with Gasteiger partial charge in [0.25, 0.3) is 0 Å². The van der Waals surface area contributed by atoms with Gasteiger partial charge in [0, 0.05) is 12.5 Å². The Morgan fingerprint density at radius 3 is 2.78 bits per heavy atom. The maximum absolute atomic E-state index is 5.23. The predicted molar refractivity (Wildman–Crippen MR) is 65.7 cm³/mol.